The van der Waals surface area contributed by atoms with Crippen LogP contribution in [0.4, 0.5) is 0 Å². The van der Waals surface area contributed by atoms with Gasteiger partial charge in [-0.05, 0) is 31.5 Å². The first-order valence-electron chi connectivity index (χ1n) is 7.69. The highest BCUT2D eigenvalue weighted by molar-refractivity contribution is 7.99. The van der Waals surface area contributed by atoms with E-state index in [4.69, 9.17) is 4.74 Å². The highest BCUT2D eigenvalue weighted by Gasteiger charge is 2.17. The summed E-state index contributed by atoms with van der Waals surface area (Å²) in [5.41, 5.74) is 1.44. The fourth-order valence-electron chi connectivity index (χ4n) is 2.57. The van der Waals surface area contributed by atoms with Crippen molar-refractivity contribution in [2.75, 3.05) is 12.9 Å². The Morgan fingerprint density at radius 2 is 2.04 bits per heavy atom. The molecule has 0 radical (unpaired) electrons. The van der Waals surface area contributed by atoms with Gasteiger partial charge in [0.15, 0.2) is 10.9 Å². The Kier molecular flexibility index (Phi) is 4.96. The van der Waals surface area contributed by atoms with Gasteiger partial charge in [0.2, 0.25) is 0 Å². The van der Waals surface area contributed by atoms with Gasteiger partial charge in [-0.3, -0.25) is 14.2 Å². The van der Waals surface area contributed by atoms with Gasteiger partial charge in [-0.15, -0.1) is 11.3 Å². The Morgan fingerprint density at radius 3 is 2.76 bits per heavy atom. The molecule has 0 aliphatic carbocycles. The molecule has 2 aromatic heterocycles. The number of carbonyl (C=O) groups excluding carboxylic acids is 1. The highest BCUT2D eigenvalue weighted by atomic mass is 32.2. The van der Waals surface area contributed by atoms with Crippen molar-refractivity contribution in [3.63, 3.8) is 0 Å². The van der Waals surface area contributed by atoms with Crippen LogP contribution in [0.2, 0.25) is 0 Å². The molecule has 0 spiro atoms. The van der Waals surface area contributed by atoms with Gasteiger partial charge in [0.1, 0.15) is 10.6 Å². The third-order valence-corrected chi connectivity index (χ3v) is 6.24. The second-order valence-corrected chi connectivity index (χ2v) is 7.78. The van der Waals surface area contributed by atoms with Crippen molar-refractivity contribution in [1.82, 2.24) is 9.55 Å². The first-order chi connectivity index (χ1) is 11.9. The Hall–Kier alpha value is -2.12. The maximum absolute atomic E-state index is 12.6. The lowest BCUT2D eigenvalue weighted by Gasteiger charge is -2.09. The molecule has 3 aromatic rings. The zero-order valence-electron chi connectivity index (χ0n) is 14.5. The molecule has 5 nitrogen and oxygen atoms in total. The van der Waals surface area contributed by atoms with E-state index in [-0.39, 0.29) is 17.1 Å². The summed E-state index contributed by atoms with van der Waals surface area (Å²) in [5, 5.41) is 1.22. The lowest BCUT2D eigenvalue weighted by atomic mass is 10.1. The fraction of sp³-hybridized carbons (Fsp3) is 0.278. The summed E-state index contributed by atoms with van der Waals surface area (Å²) in [7, 11) is 3.23. The van der Waals surface area contributed by atoms with Crippen molar-refractivity contribution in [3.05, 3.63) is 50.6 Å². The molecule has 0 aliphatic heterocycles. The molecule has 0 atom stereocenters. The molecule has 0 amide bonds. The van der Waals surface area contributed by atoms with Crippen LogP contribution in [-0.2, 0) is 7.05 Å². The number of aryl methyl sites for hydroxylation is 2. The average Bonchev–Trinajstić information content (AvgIpc) is 2.90. The van der Waals surface area contributed by atoms with E-state index in [1.54, 1.807) is 32.4 Å². The molecule has 2 heterocycles. The molecule has 0 saturated carbocycles. The normalized spacial score (nSPS) is 11.0. The van der Waals surface area contributed by atoms with Gasteiger partial charge in [0.05, 0.1) is 23.8 Å². The van der Waals surface area contributed by atoms with Gasteiger partial charge >= 0.3 is 0 Å². The largest absolute Gasteiger partial charge is 0.496 e. The number of aromatic nitrogens is 2. The monoisotopic (exact) mass is 374 g/mol. The Bertz CT molecular complexity index is 1020. The number of benzene rings is 1. The number of hydrogen-bond donors (Lipinski definition) is 0. The number of rotatable bonds is 5. The van der Waals surface area contributed by atoms with Crippen molar-refractivity contribution in [3.8, 4) is 5.75 Å². The summed E-state index contributed by atoms with van der Waals surface area (Å²) >= 11 is 2.78. The molecule has 3 rings (SSSR count). The Morgan fingerprint density at radius 1 is 1.32 bits per heavy atom. The number of nitrogens with zero attached hydrogens (tertiary/aromatic N) is 2. The Labute approximate surface area is 153 Å². The number of ether oxygens (including phenoxy) is 1. The van der Waals surface area contributed by atoms with E-state index in [1.165, 1.54) is 27.7 Å². The number of methoxy groups -OCH3 is 1. The summed E-state index contributed by atoms with van der Waals surface area (Å²) in [6, 6.07) is 7.12. The first kappa shape index (κ1) is 17.7. The number of para-hydroxylation sites is 1. The standard InChI is InChI=1S/C18H18N2O3S2/c1-10-11(2)25-16-15(10)17(22)20(3)18(19-16)24-9-13(21)12-7-5-6-8-14(12)23-4/h5-8H,9H2,1-4H3. The van der Waals surface area contributed by atoms with Gasteiger partial charge in [0, 0.05) is 11.9 Å². The van der Waals surface area contributed by atoms with Crippen LogP contribution in [0.25, 0.3) is 10.2 Å². The van der Waals surface area contributed by atoms with E-state index >= 15 is 0 Å². The molecule has 0 N–H and O–H groups in total. The van der Waals surface area contributed by atoms with Crippen molar-refractivity contribution in [1.29, 1.82) is 0 Å². The smallest absolute Gasteiger partial charge is 0.262 e. The lowest BCUT2D eigenvalue weighted by molar-refractivity contribution is 0.101. The molecule has 7 heteroatoms. The maximum Gasteiger partial charge on any atom is 0.262 e. The first-order valence-corrected chi connectivity index (χ1v) is 9.50. The van der Waals surface area contributed by atoms with Crippen LogP contribution in [0.1, 0.15) is 20.8 Å². The van der Waals surface area contributed by atoms with Gasteiger partial charge in [-0.2, -0.15) is 0 Å². The maximum atomic E-state index is 12.6. The minimum atomic E-state index is -0.0703. The molecule has 0 aliphatic rings. The molecule has 130 valence electrons. The van der Waals surface area contributed by atoms with Gasteiger partial charge in [-0.25, -0.2) is 4.98 Å². The topological polar surface area (TPSA) is 61.2 Å². The molecular formula is C18H18N2O3S2. The number of ketones is 1. The van der Waals surface area contributed by atoms with Crippen LogP contribution in [0.3, 0.4) is 0 Å². The summed E-state index contributed by atoms with van der Waals surface area (Å²) in [5.74, 6) is 0.681. The number of thioether (sulfide) groups is 1. The van der Waals surface area contributed by atoms with Crippen LogP contribution in [0.5, 0.6) is 5.75 Å². The van der Waals surface area contributed by atoms with Gasteiger partial charge in [0.25, 0.3) is 5.56 Å². The summed E-state index contributed by atoms with van der Waals surface area (Å²) < 4.78 is 6.75. The van der Waals surface area contributed by atoms with Crippen LogP contribution in [0.15, 0.2) is 34.2 Å². The zero-order valence-corrected chi connectivity index (χ0v) is 16.1. The number of fused-ring (bicyclic) bond motifs is 1. The highest BCUT2D eigenvalue weighted by Crippen LogP contribution is 2.28. The van der Waals surface area contributed by atoms with Gasteiger partial charge < -0.3 is 4.74 Å². The quantitative estimate of drug-likeness (QED) is 0.388. The summed E-state index contributed by atoms with van der Waals surface area (Å²) in [6.07, 6.45) is 0. The number of thiophene rings is 1. The Balaban J connectivity index is 1.90. The number of carbonyl (C=O) groups is 1. The second-order valence-electron chi connectivity index (χ2n) is 5.63. The van der Waals surface area contributed by atoms with Crippen molar-refractivity contribution < 1.29 is 9.53 Å². The molecule has 0 saturated heterocycles. The van der Waals surface area contributed by atoms with E-state index in [1.807, 2.05) is 19.9 Å². The molecule has 0 fully saturated rings. The summed E-state index contributed by atoms with van der Waals surface area (Å²) in [6.45, 7) is 3.93. The molecule has 0 unspecified atom stereocenters. The SMILES string of the molecule is COc1ccccc1C(=O)CSc1nc2sc(C)c(C)c2c(=O)n1C. The van der Waals surface area contributed by atoms with Gasteiger partial charge in [-0.1, -0.05) is 23.9 Å². The lowest BCUT2D eigenvalue weighted by Crippen LogP contribution is -2.20. The molecule has 1 aromatic carbocycles. The van der Waals surface area contributed by atoms with E-state index in [0.717, 1.165) is 15.3 Å². The minimum Gasteiger partial charge on any atom is -0.496 e. The molecular weight excluding hydrogens is 356 g/mol. The van der Waals surface area contributed by atoms with Crippen LogP contribution < -0.4 is 10.3 Å². The third kappa shape index (κ3) is 3.21. The third-order valence-electron chi connectivity index (χ3n) is 4.11. The van der Waals surface area contributed by atoms with E-state index < -0.39 is 0 Å². The summed E-state index contributed by atoms with van der Waals surface area (Å²) in [4.78, 5) is 31.5. The predicted molar refractivity (Wildman–Crippen MR) is 102 cm³/mol. The number of Topliss-reactive ketones (excluding diaryl/α,β-unsaturated/α-hetero) is 1. The van der Waals surface area contributed by atoms with Crippen LogP contribution in [-0.4, -0.2) is 28.2 Å². The van der Waals surface area contributed by atoms with E-state index in [2.05, 4.69) is 4.98 Å². The zero-order chi connectivity index (χ0) is 18.1. The van der Waals surface area contributed by atoms with Crippen LogP contribution >= 0.6 is 23.1 Å². The molecule has 25 heavy (non-hydrogen) atoms. The fourth-order valence-corrected chi connectivity index (χ4v) is 4.49. The average molecular weight is 374 g/mol. The van der Waals surface area contributed by atoms with E-state index in [9.17, 15) is 9.59 Å². The van der Waals surface area contributed by atoms with Crippen molar-refractivity contribution in [2.45, 2.75) is 19.0 Å². The van der Waals surface area contributed by atoms with Crippen molar-refractivity contribution in [2.24, 2.45) is 7.05 Å². The second kappa shape index (κ2) is 7.01. The predicted octanol–water partition coefficient (Wildman–Crippen LogP) is 3.60. The van der Waals surface area contributed by atoms with Crippen LogP contribution in [0, 0.1) is 13.8 Å². The minimum absolute atomic E-state index is 0.0599. The van der Waals surface area contributed by atoms with E-state index in [0.29, 0.717) is 21.9 Å². The number of hydrogen-bond acceptors (Lipinski definition) is 6. The van der Waals surface area contributed by atoms with Crippen molar-refractivity contribution >= 4 is 39.1 Å². The molecule has 0 bridgehead atoms.